The molecule has 0 fully saturated rings. The number of para-hydroxylation sites is 1. The van der Waals surface area contributed by atoms with Crippen molar-refractivity contribution >= 4 is 20.7 Å². The Morgan fingerprint density at radius 1 is 1.12 bits per heavy atom. The van der Waals surface area contributed by atoms with E-state index in [-0.39, 0.29) is 0 Å². The summed E-state index contributed by atoms with van der Waals surface area (Å²) in [7, 11) is -5.33. The summed E-state index contributed by atoms with van der Waals surface area (Å²) in [4.78, 5) is 2.84. The SMILES string of the molecule is O=S(=O)(c1cnc2ccccc2c1)C(F)(F)F. The number of alkyl halides is 3. The van der Waals surface area contributed by atoms with E-state index in [1.807, 2.05) is 0 Å². The summed E-state index contributed by atoms with van der Waals surface area (Å²) in [5, 5.41) is 0.345. The average Bonchev–Trinajstić information content (AvgIpc) is 2.27. The van der Waals surface area contributed by atoms with Gasteiger partial charge in [0.1, 0.15) is 0 Å². The van der Waals surface area contributed by atoms with Gasteiger partial charge >= 0.3 is 5.51 Å². The Morgan fingerprint density at radius 2 is 1.76 bits per heavy atom. The smallest absolute Gasteiger partial charge is 0.255 e. The zero-order valence-corrected chi connectivity index (χ0v) is 9.09. The number of rotatable bonds is 1. The van der Waals surface area contributed by atoms with Gasteiger partial charge in [-0.2, -0.15) is 13.2 Å². The lowest BCUT2D eigenvalue weighted by molar-refractivity contribution is -0.0436. The molecule has 90 valence electrons. The van der Waals surface area contributed by atoms with Gasteiger partial charge in [-0.05, 0) is 12.1 Å². The molecule has 2 aromatic rings. The monoisotopic (exact) mass is 261 g/mol. The minimum Gasteiger partial charge on any atom is -0.255 e. The fraction of sp³-hybridized carbons (Fsp3) is 0.100. The predicted octanol–water partition coefficient (Wildman–Crippen LogP) is 2.53. The molecule has 0 atom stereocenters. The van der Waals surface area contributed by atoms with Crippen molar-refractivity contribution in [3.63, 3.8) is 0 Å². The molecular weight excluding hydrogens is 255 g/mol. The van der Waals surface area contributed by atoms with Gasteiger partial charge in [-0.3, -0.25) is 4.98 Å². The van der Waals surface area contributed by atoms with Crippen molar-refractivity contribution in [2.45, 2.75) is 10.4 Å². The van der Waals surface area contributed by atoms with Crippen molar-refractivity contribution in [1.29, 1.82) is 0 Å². The van der Waals surface area contributed by atoms with Crippen LogP contribution in [0.15, 0.2) is 41.4 Å². The summed E-state index contributed by atoms with van der Waals surface area (Å²) in [5.41, 5.74) is -4.87. The van der Waals surface area contributed by atoms with Gasteiger partial charge in [-0.25, -0.2) is 8.42 Å². The van der Waals surface area contributed by atoms with Crippen LogP contribution in [-0.4, -0.2) is 18.9 Å². The lowest BCUT2D eigenvalue weighted by Crippen LogP contribution is -2.23. The van der Waals surface area contributed by atoms with Crippen LogP contribution in [-0.2, 0) is 9.84 Å². The lowest BCUT2D eigenvalue weighted by atomic mass is 10.2. The number of aromatic nitrogens is 1. The van der Waals surface area contributed by atoms with E-state index in [9.17, 15) is 21.6 Å². The molecule has 0 radical (unpaired) electrons. The predicted molar refractivity (Wildman–Crippen MR) is 55.0 cm³/mol. The molecule has 0 saturated carbocycles. The standard InChI is InChI=1S/C10H6F3NO2S/c11-10(12,13)17(15,16)8-5-7-3-1-2-4-9(7)14-6-8/h1-6H. The van der Waals surface area contributed by atoms with E-state index in [0.29, 0.717) is 17.1 Å². The second-order valence-corrected chi connectivity index (χ2v) is 5.25. The largest absolute Gasteiger partial charge is 0.501 e. The molecule has 0 unspecified atom stereocenters. The topological polar surface area (TPSA) is 47.0 Å². The molecule has 0 aliphatic rings. The molecule has 0 amide bonds. The number of fused-ring (bicyclic) bond motifs is 1. The first kappa shape index (κ1) is 11.8. The van der Waals surface area contributed by atoms with E-state index in [4.69, 9.17) is 0 Å². The zero-order chi connectivity index (χ0) is 12.7. The number of halogens is 3. The third-order valence-corrected chi connectivity index (χ3v) is 3.63. The van der Waals surface area contributed by atoms with Gasteiger partial charge < -0.3 is 0 Å². The molecule has 1 aromatic heterocycles. The van der Waals surface area contributed by atoms with Crippen LogP contribution in [0.3, 0.4) is 0 Å². The lowest BCUT2D eigenvalue weighted by Gasteiger charge is -2.08. The number of pyridine rings is 1. The van der Waals surface area contributed by atoms with Gasteiger partial charge in [0, 0.05) is 11.6 Å². The van der Waals surface area contributed by atoms with E-state index in [0.717, 1.165) is 6.07 Å². The van der Waals surface area contributed by atoms with Crippen molar-refractivity contribution in [3.05, 3.63) is 36.5 Å². The first-order chi connectivity index (χ1) is 7.82. The van der Waals surface area contributed by atoms with Gasteiger partial charge in [0.25, 0.3) is 9.84 Å². The highest BCUT2D eigenvalue weighted by atomic mass is 32.2. The molecular formula is C10H6F3NO2S. The first-order valence-corrected chi connectivity index (χ1v) is 5.97. The molecule has 7 heteroatoms. The van der Waals surface area contributed by atoms with E-state index in [1.54, 1.807) is 18.2 Å². The number of hydrogen-bond acceptors (Lipinski definition) is 3. The highest BCUT2D eigenvalue weighted by Gasteiger charge is 2.47. The number of sulfone groups is 1. The van der Waals surface area contributed by atoms with Crippen LogP contribution in [0.25, 0.3) is 10.9 Å². The molecule has 1 aromatic carbocycles. The quantitative estimate of drug-likeness (QED) is 0.792. The Balaban J connectivity index is 2.66. The van der Waals surface area contributed by atoms with E-state index >= 15 is 0 Å². The summed E-state index contributed by atoms with van der Waals surface area (Å²) in [5.74, 6) is 0. The summed E-state index contributed by atoms with van der Waals surface area (Å²) in [6.07, 6.45) is 0.713. The fourth-order valence-electron chi connectivity index (χ4n) is 1.33. The van der Waals surface area contributed by atoms with Gasteiger partial charge in [0.2, 0.25) is 0 Å². The van der Waals surface area contributed by atoms with Crippen LogP contribution in [0.2, 0.25) is 0 Å². The van der Waals surface area contributed by atoms with Crippen molar-refractivity contribution in [1.82, 2.24) is 4.98 Å². The highest BCUT2D eigenvalue weighted by molar-refractivity contribution is 7.92. The van der Waals surface area contributed by atoms with Crippen molar-refractivity contribution < 1.29 is 21.6 Å². The molecule has 0 N–H and O–H groups in total. The fourth-order valence-corrected chi connectivity index (χ4v) is 2.07. The second kappa shape index (κ2) is 3.69. The molecule has 0 saturated heterocycles. The molecule has 1 heterocycles. The van der Waals surface area contributed by atoms with Gasteiger partial charge in [-0.1, -0.05) is 18.2 Å². The molecule has 17 heavy (non-hydrogen) atoms. The van der Waals surface area contributed by atoms with E-state index in [2.05, 4.69) is 4.98 Å². The first-order valence-electron chi connectivity index (χ1n) is 4.48. The third kappa shape index (κ3) is 1.97. The van der Waals surface area contributed by atoms with Crippen LogP contribution >= 0.6 is 0 Å². The summed E-state index contributed by atoms with van der Waals surface area (Å²) in [6, 6.07) is 7.30. The van der Waals surface area contributed by atoms with Crippen LogP contribution in [0.5, 0.6) is 0 Å². The Morgan fingerprint density at radius 3 is 2.41 bits per heavy atom. The average molecular weight is 261 g/mol. The number of hydrogen-bond donors (Lipinski definition) is 0. The van der Waals surface area contributed by atoms with Crippen molar-refractivity contribution in [3.8, 4) is 0 Å². The Labute approximate surface area is 94.8 Å². The molecule has 2 rings (SSSR count). The molecule has 0 spiro atoms. The molecule has 0 aliphatic heterocycles. The summed E-state index contributed by atoms with van der Waals surface area (Å²) in [6.45, 7) is 0. The Hall–Kier alpha value is -1.63. The second-order valence-electron chi connectivity index (χ2n) is 3.31. The van der Waals surface area contributed by atoms with Crippen molar-refractivity contribution in [2.24, 2.45) is 0 Å². The minimum atomic E-state index is -5.33. The van der Waals surface area contributed by atoms with Crippen molar-refractivity contribution in [2.75, 3.05) is 0 Å². The number of nitrogens with zero attached hydrogens (tertiary/aromatic N) is 1. The maximum absolute atomic E-state index is 12.3. The van der Waals surface area contributed by atoms with Crippen LogP contribution < -0.4 is 0 Å². The van der Waals surface area contributed by atoms with Gasteiger partial charge in [0.15, 0.2) is 0 Å². The summed E-state index contributed by atoms with van der Waals surface area (Å²) < 4.78 is 59.2. The van der Waals surface area contributed by atoms with E-state index < -0.39 is 20.2 Å². The van der Waals surface area contributed by atoms with Crippen LogP contribution in [0.1, 0.15) is 0 Å². The third-order valence-electron chi connectivity index (χ3n) is 2.18. The van der Waals surface area contributed by atoms with Crippen LogP contribution in [0.4, 0.5) is 13.2 Å². The van der Waals surface area contributed by atoms with Gasteiger partial charge in [0.05, 0.1) is 10.4 Å². The Kier molecular flexibility index (Phi) is 2.57. The Bertz CT molecular complexity index is 665. The van der Waals surface area contributed by atoms with E-state index in [1.165, 1.54) is 6.07 Å². The maximum Gasteiger partial charge on any atom is 0.501 e. The van der Waals surface area contributed by atoms with Crippen LogP contribution in [0, 0.1) is 0 Å². The maximum atomic E-state index is 12.3. The zero-order valence-electron chi connectivity index (χ0n) is 8.27. The molecule has 3 nitrogen and oxygen atoms in total. The molecule has 0 bridgehead atoms. The number of benzene rings is 1. The van der Waals surface area contributed by atoms with Gasteiger partial charge in [-0.15, -0.1) is 0 Å². The molecule has 0 aliphatic carbocycles. The minimum absolute atomic E-state index is 0.345. The normalized spacial score (nSPS) is 12.9. The highest BCUT2D eigenvalue weighted by Crippen LogP contribution is 2.30. The summed E-state index contributed by atoms with van der Waals surface area (Å²) >= 11 is 0.